The summed E-state index contributed by atoms with van der Waals surface area (Å²) in [5.41, 5.74) is 0. The molecule has 0 aromatic heterocycles. The Morgan fingerprint density at radius 1 is 1.29 bits per heavy atom. The molecule has 0 bridgehead atoms. The van der Waals surface area contributed by atoms with E-state index in [9.17, 15) is 4.79 Å². The zero-order chi connectivity index (χ0) is 11.0. The summed E-state index contributed by atoms with van der Waals surface area (Å²) in [6.45, 7) is 10.0. The van der Waals surface area contributed by atoms with Gasteiger partial charge in [-0.1, -0.05) is 20.8 Å². The van der Waals surface area contributed by atoms with Gasteiger partial charge in [-0.3, -0.25) is 4.79 Å². The number of nitrogens with one attached hydrogen (secondary N) is 2. The van der Waals surface area contributed by atoms with Crippen LogP contribution in [-0.4, -0.2) is 25.0 Å². The Hall–Kier alpha value is -0.570. The van der Waals surface area contributed by atoms with Crippen LogP contribution in [0.1, 0.15) is 40.5 Å². The van der Waals surface area contributed by atoms with Gasteiger partial charge < -0.3 is 10.6 Å². The van der Waals surface area contributed by atoms with Gasteiger partial charge in [0.15, 0.2) is 0 Å². The minimum absolute atomic E-state index is 0.138. The summed E-state index contributed by atoms with van der Waals surface area (Å²) in [4.78, 5) is 11.1. The number of hydrogen-bond acceptors (Lipinski definition) is 2. The summed E-state index contributed by atoms with van der Waals surface area (Å²) in [7, 11) is 0. The van der Waals surface area contributed by atoms with Crippen LogP contribution in [0.5, 0.6) is 0 Å². The fourth-order valence-electron chi connectivity index (χ4n) is 1.51. The molecule has 0 saturated heterocycles. The van der Waals surface area contributed by atoms with E-state index in [0.717, 1.165) is 19.5 Å². The summed E-state index contributed by atoms with van der Waals surface area (Å²) in [6.07, 6.45) is 1.70. The second kappa shape index (κ2) is 7.80. The fraction of sp³-hybridized carbons (Fsp3) is 0.909. The van der Waals surface area contributed by atoms with E-state index in [1.165, 1.54) is 0 Å². The first kappa shape index (κ1) is 13.4. The van der Waals surface area contributed by atoms with Crippen LogP contribution in [-0.2, 0) is 4.79 Å². The number of hydrogen-bond donors (Lipinski definition) is 2. The van der Waals surface area contributed by atoms with E-state index in [1.807, 2.05) is 6.92 Å². The maximum absolute atomic E-state index is 11.1. The quantitative estimate of drug-likeness (QED) is 0.654. The molecule has 1 amide bonds. The van der Waals surface area contributed by atoms with Gasteiger partial charge in [0.25, 0.3) is 0 Å². The van der Waals surface area contributed by atoms with Gasteiger partial charge in [0, 0.05) is 25.6 Å². The predicted molar refractivity (Wildman–Crippen MR) is 60.2 cm³/mol. The first-order chi connectivity index (χ1) is 6.61. The van der Waals surface area contributed by atoms with E-state index in [4.69, 9.17) is 0 Å². The van der Waals surface area contributed by atoms with E-state index in [-0.39, 0.29) is 5.91 Å². The molecular weight excluding hydrogens is 176 g/mol. The Kier molecular flexibility index (Phi) is 7.48. The molecule has 2 N–H and O–H groups in total. The van der Waals surface area contributed by atoms with E-state index in [2.05, 4.69) is 31.4 Å². The lowest BCUT2D eigenvalue weighted by molar-refractivity contribution is -0.120. The Labute approximate surface area is 87.6 Å². The van der Waals surface area contributed by atoms with Crippen molar-refractivity contribution in [3.63, 3.8) is 0 Å². The molecule has 0 aliphatic rings. The van der Waals surface area contributed by atoms with Crippen LogP contribution in [0.3, 0.4) is 0 Å². The molecule has 0 rings (SSSR count). The van der Waals surface area contributed by atoms with Crippen molar-refractivity contribution in [2.75, 3.05) is 13.1 Å². The van der Waals surface area contributed by atoms with Gasteiger partial charge in [0.2, 0.25) is 5.91 Å². The first-order valence-electron chi connectivity index (χ1n) is 5.61. The van der Waals surface area contributed by atoms with Crippen molar-refractivity contribution in [1.82, 2.24) is 10.6 Å². The molecule has 14 heavy (non-hydrogen) atoms. The lowest BCUT2D eigenvalue weighted by atomic mass is 10.0. The highest BCUT2D eigenvalue weighted by atomic mass is 16.1. The summed E-state index contributed by atoms with van der Waals surface area (Å²) >= 11 is 0. The van der Waals surface area contributed by atoms with Crippen molar-refractivity contribution in [2.45, 2.75) is 46.6 Å². The molecular formula is C11H24N2O. The third-order valence-electron chi connectivity index (χ3n) is 2.38. The summed E-state index contributed by atoms with van der Waals surface area (Å²) < 4.78 is 0. The van der Waals surface area contributed by atoms with Gasteiger partial charge in [-0.15, -0.1) is 0 Å². The average Bonchev–Trinajstić information content (AvgIpc) is 2.12. The van der Waals surface area contributed by atoms with Crippen molar-refractivity contribution >= 4 is 5.91 Å². The van der Waals surface area contributed by atoms with Crippen molar-refractivity contribution < 1.29 is 4.79 Å². The molecule has 0 aromatic rings. The van der Waals surface area contributed by atoms with E-state index in [1.54, 1.807) is 0 Å². The monoisotopic (exact) mass is 200 g/mol. The van der Waals surface area contributed by atoms with Gasteiger partial charge in [-0.25, -0.2) is 0 Å². The zero-order valence-electron chi connectivity index (χ0n) is 9.89. The molecule has 3 heteroatoms. The van der Waals surface area contributed by atoms with Crippen molar-refractivity contribution in [3.05, 3.63) is 0 Å². The van der Waals surface area contributed by atoms with Crippen LogP contribution in [0, 0.1) is 5.92 Å². The lowest BCUT2D eigenvalue weighted by Crippen LogP contribution is -2.36. The lowest BCUT2D eigenvalue weighted by Gasteiger charge is -2.20. The Morgan fingerprint density at radius 2 is 1.93 bits per heavy atom. The van der Waals surface area contributed by atoms with E-state index >= 15 is 0 Å². The highest BCUT2D eigenvalue weighted by molar-refractivity contribution is 5.75. The molecule has 0 aliphatic heterocycles. The van der Waals surface area contributed by atoms with Crippen molar-refractivity contribution in [3.8, 4) is 0 Å². The smallest absolute Gasteiger partial charge is 0.221 e. The zero-order valence-corrected chi connectivity index (χ0v) is 9.89. The Balaban J connectivity index is 3.56. The predicted octanol–water partition coefficient (Wildman–Crippen LogP) is 1.54. The molecule has 3 nitrogen and oxygen atoms in total. The molecule has 84 valence electrons. The molecule has 0 aromatic carbocycles. The van der Waals surface area contributed by atoms with Crippen LogP contribution >= 0.6 is 0 Å². The third kappa shape index (κ3) is 5.97. The van der Waals surface area contributed by atoms with Gasteiger partial charge >= 0.3 is 0 Å². The number of rotatable bonds is 7. The maximum Gasteiger partial charge on any atom is 0.221 e. The standard InChI is InChI=1S/C11H24N2O/c1-5-10(9(3)4)13-8-7-11(14)12-6-2/h9-10,13H,5-8H2,1-4H3,(H,12,14). The Bertz CT molecular complexity index is 157. The molecule has 0 aliphatic carbocycles. The Morgan fingerprint density at radius 3 is 2.36 bits per heavy atom. The number of amides is 1. The van der Waals surface area contributed by atoms with E-state index < -0.39 is 0 Å². The minimum Gasteiger partial charge on any atom is -0.356 e. The SMILES string of the molecule is CCNC(=O)CCNC(CC)C(C)C. The van der Waals surface area contributed by atoms with Crippen LogP contribution in [0.4, 0.5) is 0 Å². The van der Waals surface area contributed by atoms with Crippen LogP contribution in [0.25, 0.3) is 0 Å². The van der Waals surface area contributed by atoms with Gasteiger partial charge in [0.05, 0.1) is 0 Å². The largest absolute Gasteiger partial charge is 0.356 e. The fourth-order valence-corrected chi connectivity index (χ4v) is 1.51. The van der Waals surface area contributed by atoms with Crippen molar-refractivity contribution in [2.24, 2.45) is 5.92 Å². The minimum atomic E-state index is 0.138. The molecule has 0 fully saturated rings. The number of carbonyl (C=O) groups is 1. The molecule has 0 spiro atoms. The molecule has 0 saturated carbocycles. The van der Waals surface area contributed by atoms with Crippen LogP contribution in [0.15, 0.2) is 0 Å². The summed E-state index contributed by atoms with van der Waals surface area (Å²) in [6, 6.07) is 0.532. The summed E-state index contributed by atoms with van der Waals surface area (Å²) in [5, 5.41) is 6.18. The van der Waals surface area contributed by atoms with E-state index in [0.29, 0.717) is 18.4 Å². The van der Waals surface area contributed by atoms with Crippen molar-refractivity contribution in [1.29, 1.82) is 0 Å². The van der Waals surface area contributed by atoms with Crippen LogP contribution in [0.2, 0.25) is 0 Å². The van der Waals surface area contributed by atoms with Crippen LogP contribution < -0.4 is 10.6 Å². The normalized spacial score (nSPS) is 12.9. The first-order valence-corrected chi connectivity index (χ1v) is 5.61. The third-order valence-corrected chi connectivity index (χ3v) is 2.38. The van der Waals surface area contributed by atoms with Gasteiger partial charge in [0.1, 0.15) is 0 Å². The van der Waals surface area contributed by atoms with Gasteiger partial charge in [-0.05, 0) is 19.3 Å². The average molecular weight is 200 g/mol. The summed E-state index contributed by atoms with van der Waals surface area (Å²) in [5.74, 6) is 0.771. The highest BCUT2D eigenvalue weighted by Crippen LogP contribution is 2.04. The maximum atomic E-state index is 11.1. The number of carbonyl (C=O) groups excluding carboxylic acids is 1. The molecule has 0 radical (unpaired) electrons. The highest BCUT2D eigenvalue weighted by Gasteiger charge is 2.09. The molecule has 1 atom stereocenters. The second-order valence-electron chi connectivity index (χ2n) is 3.92. The molecule has 1 unspecified atom stereocenters. The topological polar surface area (TPSA) is 41.1 Å². The van der Waals surface area contributed by atoms with Gasteiger partial charge in [-0.2, -0.15) is 0 Å². The second-order valence-corrected chi connectivity index (χ2v) is 3.92. The molecule has 0 heterocycles.